The Hall–Kier alpha value is -1.71. The molecule has 0 fully saturated rings. The number of rotatable bonds is 1. The molecule has 0 N–H and O–H groups in total. The number of aryl methyl sites for hydroxylation is 1. The fourth-order valence-corrected chi connectivity index (χ4v) is 1.08. The van der Waals surface area contributed by atoms with E-state index in [1.54, 1.807) is 16.8 Å². The molecule has 12 heavy (non-hydrogen) atoms. The lowest BCUT2D eigenvalue weighted by Gasteiger charge is -1.95. The van der Waals surface area contributed by atoms with Gasteiger partial charge in [0.1, 0.15) is 5.82 Å². The van der Waals surface area contributed by atoms with Crippen LogP contribution in [0.2, 0.25) is 0 Å². The van der Waals surface area contributed by atoms with Gasteiger partial charge in [0.05, 0.1) is 6.20 Å². The van der Waals surface area contributed by atoms with Crippen molar-refractivity contribution in [1.29, 1.82) is 0 Å². The van der Waals surface area contributed by atoms with E-state index in [1.165, 1.54) is 6.20 Å². The van der Waals surface area contributed by atoms with Gasteiger partial charge >= 0.3 is 0 Å². The zero-order chi connectivity index (χ0) is 8.55. The first-order valence-electron chi connectivity index (χ1n) is 3.56. The van der Waals surface area contributed by atoms with Crippen molar-refractivity contribution in [2.24, 2.45) is 0 Å². The number of fused-ring (bicyclic) bond motifs is 1. The minimum absolute atomic E-state index is 0.559. The summed E-state index contributed by atoms with van der Waals surface area (Å²) in [7, 11) is 0. The molecule has 4 nitrogen and oxygen atoms in total. The third-order valence-electron chi connectivity index (χ3n) is 1.72. The molecule has 4 heteroatoms. The van der Waals surface area contributed by atoms with Gasteiger partial charge in [0.15, 0.2) is 11.9 Å². The van der Waals surface area contributed by atoms with Crippen LogP contribution in [0.1, 0.15) is 16.2 Å². The molecule has 2 rings (SSSR count). The maximum absolute atomic E-state index is 10.4. The predicted octanol–water partition coefficient (Wildman–Crippen LogP) is 0.850. The molecule has 0 unspecified atom stereocenters. The molecule has 2 heterocycles. The fraction of sp³-hybridized carbons (Fsp3) is 0.125. The third-order valence-corrected chi connectivity index (χ3v) is 1.72. The summed E-state index contributed by atoms with van der Waals surface area (Å²) < 4.78 is 1.78. The lowest BCUT2D eigenvalue weighted by molar-refractivity contribution is 0.112. The van der Waals surface area contributed by atoms with E-state index < -0.39 is 0 Å². The van der Waals surface area contributed by atoms with Crippen LogP contribution in [0.25, 0.3) is 5.65 Å². The Kier molecular flexibility index (Phi) is 1.40. The van der Waals surface area contributed by atoms with Crippen LogP contribution in [-0.2, 0) is 0 Å². The minimum Gasteiger partial charge on any atom is -0.298 e. The van der Waals surface area contributed by atoms with Crippen LogP contribution in [0.3, 0.4) is 0 Å². The zero-order valence-electron chi connectivity index (χ0n) is 6.56. The van der Waals surface area contributed by atoms with E-state index in [2.05, 4.69) is 9.97 Å². The van der Waals surface area contributed by atoms with Crippen LogP contribution in [-0.4, -0.2) is 20.7 Å². The number of hydrogen-bond donors (Lipinski definition) is 0. The molecule has 2 aromatic heterocycles. The number of hydrogen-bond acceptors (Lipinski definition) is 3. The summed E-state index contributed by atoms with van der Waals surface area (Å²) in [5.41, 5.74) is 1.32. The molecule has 0 saturated carbocycles. The molecule has 0 bridgehead atoms. The summed E-state index contributed by atoms with van der Waals surface area (Å²) in [6.45, 7) is 1.86. The van der Waals surface area contributed by atoms with Crippen molar-refractivity contribution in [3.63, 3.8) is 0 Å². The first kappa shape index (κ1) is 6.97. The van der Waals surface area contributed by atoms with Gasteiger partial charge in [-0.05, 0) is 6.92 Å². The Balaban J connectivity index is 2.79. The normalized spacial score (nSPS) is 10.4. The van der Waals surface area contributed by atoms with Crippen molar-refractivity contribution < 1.29 is 4.79 Å². The molecule has 2 aromatic rings. The SMILES string of the molecule is Cc1ncc2ncc(C=O)cn12. The van der Waals surface area contributed by atoms with Crippen molar-refractivity contribution in [3.05, 3.63) is 30.0 Å². The first-order chi connectivity index (χ1) is 5.81. The summed E-state index contributed by atoms with van der Waals surface area (Å²) in [6, 6.07) is 0. The number of carbonyl (C=O) groups is 1. The monoisotopic (exact) mass is 161 g/mol. The van der Waals surface area contributed by atoms with Gasteiger partial charge in [-0.15, -0.1) is 0 Å². The molecule has 0 atom stereocenters. The highest BCUT2D eigenvalue weighted by Gasteiger charge is 1.99. The van der Waals surface area contributed by atoms with Gasteiger partial charge in [-0.1, -0.05) is 0 Å². The smallest absolute Gasteiger partial charge is 0.156 e. The Morgan fingerprint density at radius 1 is 1.42 bits per heavy atom. The topological polar surface area (TPSA) is 47.3 Å². The van der Waals surface area contributed by atoms with E-state index in [1.807, 2.05) is 6.92 Å². The minimum atomic E-state index is 0.559. The number of aldehydes is 1. The molecule has 60 valence electrons. The maximum atomic E-state index is 10.4. The van der Waals surface area contributed by atoms with Gasteiger partial charge in [-0.2, -0.15) is 0 Å². The van der Waals surface area contributed by atoms with E-state index in [4.69, 9.17) is 0 Å². The molecule has 0 aromatic carbocycles. The third kappa shape index (κ3) is 0.887. The van der Waals surface area contributed by atoms with Crippen LogP contribution in [0.4, 0.5) is 0 Å². The average Bonchev–Trinajstić information content (AvgIpc) is 2.47. The Bertz CT molecular complexity index is 433. The van der Waals surface area contributed by atoms with Gasteiger partial charge < -0.3 is 0 Å². The second-order valence-corrected chi connectivity index (χ2v) is 2.54. The number of imidazole rings is 1. The van der Waals surface area contributed by atoms with Crippen molar-refractivity contribution in [1.82, 2.24) is 14.4 Å². The van der Waals surface area contributed by atoms with E-state index >= 15 is 0 Å². The fourth-order valence-electron chi connectivity index (χ4n) is 1.08. The summed E-state index contributed by atoms with van der Waals surface area (Å²) >= 11 is 0. The van der Waals surface area contributed by atoms with Crippen molar-refractivity contribution in [3.8, 4) is 0 Å². The molecule has 0 saturated heterocycles. The molecule has 0 radical (unpaired) electrons. The van der Waals surface area contributed by atoms with Gasteiger partial charge in [0.25, 0.3) is 0 Å². The van der Waals surface area contributed by atoms with Crippen molar-refractivity contribution in [2.45, 2.75) is 6.92 Å². The Morgan fingerprint density at radius 2 is 2.25 bits per heavy atom. The summed E-state index contributed by atoms with van der Waals surface area (Å²) in [5.74, 6) is 0.834. The van der Waals surface area contributed by atoms with Crippen LogP contribution >= 0.6 is 0 Å². The van der Waals surface area contributed by atoms with E-state index in [-0.39, 0.29) is 0 Å². The van der Waals surface area contributed by atoms with Crippen LogP contribution in [0.5, 0.6) is 0 Å². The van der Waals surface area contributed by atoms with Crippen molar-refractivity contribution in [2.75, 3.05) is 0 Å². The largest absolute Gasteiger partial charge is 0.298 e. The lowest BCUT2D eigenvalue weighted by atomic mass is 10.4. The Labute approximate surface area is 68.9 Å². The highest BCUT2D eigenvalue weighted by atomic mass is 16.1. The van der Waals surface area contributed by atoms with Gasteiger partial charge in [0.2, 0.25) is 0 Å². The molecule has 0 aliphatic heterocycles. The van der Waals surface area contributed by atoms with Gasteiger partial charge in [-0.3, -0.25) is 9.20 Å². The maximum Gasteiger partial charge on any atom is 0.156 e. The highest BCUT2D eigenvalue weighted by molar-refractivity contribution is 5.74. The summed E-state index contributed by atoms with van der Waals surface area (Å²) in [5, 5.41) is 0. The van der Waals surface area contributed by atoms with E-state index in [9.17, 15) is 4.79 Å². The van der Waals surface area contributed by atoms with Gasteiger partial charge in [0, 0.05) is 18.0 Å². The molecular formula is C8H7N3O. The number of aromatic nitrogens is 3. The summed E-state index contributed by atoms with van der Waals surface area (Å²) in [6.07, 6.45) is 5.69. The quantitative estimate of drug-likeness (QED) is 0.582. The lowest BCUT2D eigenvalue weighted by Crippen LogP contribution is -1.93. The second kappa shape index (κ2) is 2.41. The Morgan fingerprint density at radius 3 is 3.00 bits per heavy atom. The number of carbonyl (C=O) groups excluding carboxylic acids is 1. The standard InChI is InChI=1S/C8H7N3O/c1-6-9-3-8-10-2-7(5-12)4-11(6)8/h2-5H,1H3. The molecular weight excluding hydrogens is 154 g/mol. The van der Waals surface area contributed by atoms with E-state index in [0.29, 0.717) is 5.56 Å². The molecule has 0 amide bonds. The van der Waals surface area contributed by atoms with Crippen LogP contribution in [0.15, 0.2) is 18.6 Å². The second-order valence-electron chi connectivity index (χ2n) is 2.54. The highest BCUT2D eigenvalue weighted by Crippen LogP contribution is 2.03. The molecule has 0 aliphatic rings. The predicted molar refractivity (Wildman–Crippen MR) is 43.1 cm³/mol. The zero-order valence-corrected chi connectivity index (χ0v) is 6.56. The van der Waals surface area contributed by atoms with Crippen LogP contribution < -0.4 is 0 Å². The summed E-state index contributed by atoms with van der Waals surface area (Å²) in [4.78, 5) is 18.5. The van der Waals surface area contributed by atoms with Crippen LogP contribution in [0, 0.1) is 6.92 Å². The average molecular weight is 161 g/mol. The van der Waals surface area contributed by atoms with Crippen molar-refractivity contribution >= 4 is 11.9 Å². The first-order valence-corrected chi connectivity index (χ1v) is 3.56. The molecule has 0 spiro atoms. The molecule has 0 aliphatic carbocycles. The van der Waals surface area contributed by atoms with Gasteiger partial charge in [-0.25, -0.2) is 9.97 Å². The number of nitrogens with zero attached hydrogens (tertiary/aromatic N) is 3. The van der Waals surface area contributed by atoms with E-state index in [0.717, 1.165) is 17.8 Å².